The number of sulfonamides is 1. The van der Waals surface area contributed by atoms with Gasteiger partial charge in [0.05, 0.1) is 17.6 Å². The van der Waals surface area contributed by atoms with E-state index in [2.05, 4.69) is 9.46 Å². The van der Waals surface area contributed by atoms with Gasteiger partial charge < -0.3 is 4.74 Å². The Kier molecular flexibility index (Phi) is 5.18. The van der Waals surface area contributed by atoms with Crippen LogP contribution < -0.4 is 4.72 Å². The molecule has 0 heterocycles. The number of nitrogens with one attached hydrogen (secondary N) is 1. The summed E-state index contributed by atoms with van der Waals surface area (Å²) in [6.07, 6.45) is 0. The molecule has 0 aliphatic heterocycles. The first-order chi connectivity index (χ1) is 10.4. The van der Waals surface area contributed by atoms with Crippen LogP contribution in [0.2, 0.25) is 5.02 Å². The fraction of sp³-hybridized carbons (Fsp3) is 0.133. The zero-order valence-corrected chi connectivity index (χ0v) is 13.3. The Hall–Kier alpha value is -1.89. The van der Waals surface area contributed by atoms with Gasteiger partial charge in [-0.3, -0.25) is 0 Å². The van der Waals surface area contributed by atoms with Crippen LogP contribution in [-0.4, -0.2) is 21.5 Å². The van der Waals surface area contributed by atoms with Gasteiger partial charge in [-0.2, -0.15) is 0 Å². The second-order valence-corrected chi connectivity index (χ2v) is 6.67. The number of hydrogen-bond acceptors (Lipinski definition) is 4. The molecular formula is C15H14ClNO4S. The summed E-state index contributed by atoms with van der Waals surface area (Å²) in [5.74, 6) is -0.518. The molecule has 2 rings (SSSR count). The molecule has 0 fully saturated rings. The van der Waals surface area contributed by atoms with Crippen molar-refractivity contribution in [2.75, 3.05) is 7.11 Å². The normalized spacial score (nSPS) is 11.2. The number of halogens is 1. The molecule has 1 N–H and O–H groups in total. The molecule has 0 saturated heterocycles. The Balaban J connectivity index is 2.11. The van der Waals surface area contributed by atoms with Crippen molar-refractivity contribution in [3.63, 3.8) is 0 Å². The van der Waals surface area contributed by atoms with Crippen LogP contribution in [0.1, 0.15) is 15.9 Å². The van der Waals surface area contributed by atoms with Crippen molar-refractivity contribution in [3.8, 4) is 0 Å². The molecule has 0 bridgehead atoms. The predicted molar refractivity (Wildman–Crippen MR) is 83.3 cm³/mol. The van der Waals surface area contributed by atoms with E-state index in [4.69, 9.17) is 11.6 Å². The van der Waals surface area contributed by atoms with Gasteiger partial charge in [-0.05, 0) is 42.0 Å². The zero-order valence-electron chi connectivity index (χ0n) is 11.7. The van der Waals surface area contributed by atoms with Gasteiger partial charge in [0, 0.05) is 11.6 Å². The van der Waals surface area contributed by atoms with E-state index in [0.717, 1.165) is 5.56 Å². The van der Waals surface area contributed by atoms with Crippen molar-refractivity contribution in [3.05, 3.63) is 64.7 Å². The second kappa shape index (κ2) is 6.91. The maximum absolute atomic E-state index is 12.2. The summed E-state index contributed by atoms with van der Waals surface area (Å²) in [5, 5.41) is 0.541. The summed E-state index contributed by atoms with van der Waals surface area (Å²) in [7, 11) is -2.40. The fourth-order valence-corrected chi connectivity index (χ4v) is 3.03. The minimum atomic E-state index is -3.67. The van der Waals surface area contributed by atoms with Crippen molar-refractivity contribution in [1.82, 2.24) is 4.72 Å². The summed E-state index contributed by atoms with van der Waals surface area (Å²) in [6.45, 7) is 0.127. The maximum Gasteiger partial charge on any atom is 0.337 e. The Morgan fingerprint density at radius 3 is 2.45 bits per heavy atom. The smallest absolute Gasteiger partial charge is 0.337 e. The van der Waals surface area contributed by atoms with Gasteiger partial charge >= 0.3 is 5.97 Å². The van der Waals surface area contributed by atoms with Crippen LogP contribution in [0.3, 0.4) is 0 Å². The summed E-state index contributed by atoms with van der Waals surface area (Å²) >= 11 is 5.85. The molecule has 0 saturated carbocycles. The van der Waals surface area contributed by atoms with Gasteiger partial charge in [0.25, 0.3) is 0 Å². The molecule has 0 spiro atoms. The lowest BCUT2D eigenvalue weighted by Gasteiger charge is -2.08. The average molecular weight is 340 g/mol. The van der Waals surface area contributed by atoms with Gasteiger partial charge in [-0.1, -0.05) is 23.7 Å². The molecule has 0 radical (unpaired) electrons. The van der Waals surface area contributed by atoms with E-state index in [1.807, 2.05) is 0 Å². The van der Waals surface area contributed by atoms with Gasteiger partial charge in [-0.15, -0.1) is 0 Å². The van der Waals surface area contributed by atoms with Gasteiger partial charge in [0.1, 0.15) is 0 Å². The summed E-state index contributed by atoms with van der Waals surface area (Å²) in [4.78, 5) is 11.4. The summed E-state index contributed by atoms with van der Waals surface area (Å²) in [5.41, 5.74) is 1.04. The quantitative estimate of drug-likeness (QED) is 0.850. The highest BCUT2D eigenvalue weighted by Crippen LogP contribution is 2.14. The van der Waals surface area contributed by atoms with Crippen molar-refractivity contribution in [1.29, 1.82) is 0 Å². The van der Waals surface area contributed by atoms with E-state index in [0.29, 0.717) is 5.02 Å². The molecule has 0 aliphatic rings. The monoisotopic (exact) mass is 339 g/mol. The van der Waals surface area contributed by atoms with Crippen molar-refractivity contribution < 1.29 is 17.9 Å². The van der Waals surface area contributed by atoms with Crippen molar-refractivity contribution in [2.45, 2.75) is 11.4 Å². The second-order valence-electron chi connectivity index (χ2n) is 4.47. The lowest BCUT2D eigenvalue weighted by molar-refractivity contribution is 0.0600. The Labute approximate surface area is 133 Å². The van der Waals surface area contributed by atoms with Crippen LogP contribution in [0.4, 0.5) is 0 Å². The van der Waals surface area contributed by atoms with Gasteiger partial charge in [-0.25, -0.2) is 17.9 Å². The molecule has 116 valence electrons. The number of carbonyl (C=O) groups is 1. The topological polar surface area (TPSA) is 72.5 Å². The third-order valence-electron chi connectivity index (χ3n) is 2.94. The van der Waals surface area contributed by atoms with Crippen LogP contribution in [0, 0.1) is 0 Å². The number of hydrogen-bond donors (Lipinski definition) is 1. The molecule has 7 heteroatoms. The van der Waals surface area contributed by atoms with E-state index >= 15 is 0 Å². The molecule has 5 nitrogen and oxygen atoms in total. The molecule has 0 aliphatic carbocycles. The van der Waals surface area contributed by atoms with Crippen LogP contribution >= 0.6 is 11.6 Å². The number of rotatable bonds is 5. The first-order valence-corrected chi connectivity index (χ1v) is 8.21. The largest absolute Gasteiger partial charge is 0.465 e. The lowest BCUT2D eigenvalue weighted by atomic mass is 10.2. The molecule has 0 aromatic heterocycles. The third-order valence-corrected chi connectivity index (χ3v) is 4.59. The molecule has 0 unspecified atom stereocenters. The predicted octanol–water partition coefficient (Wildman–Crippen LogP) is 2.61. The number of benzene rings is 2. The highest BCUT2D eigenvalue weighted by atomic mass is 35.5. The highest BCUT2D eigenvalue weighted by molar-refractivity contribution is 7.89. The van der Waals surface area contributed by atoms with Gasteiger partial charge in [0.15, 0.2) is 0 Å². The van der Waals surface area contributed by atoms with E-state index in [-0.39, 0.29) is 17.0 Å². The Morgan fingerprint density at radius 2 is 1.86 bits per heavy atom. The Bertz CT molecular complexity index is 772. The number of methoxy groups -OCH3 is 1. The first-order valence-electron chi connectivity index (χ1n) is 6.35. The molecule has 22 heavy (non-hydrogen) atoms. The molecule has 0 atom stereocenters. The lowest BCUT2D eigenvalue weighted by Crippen LogP contribution is -2.23. The van der Waals surface area contributed by atoms with Crippen molar-refractivity contribution >= 4 is 27.6 Å². The summed E-state index contributed by atoms with van der Waals surface area (Å²) < 4.78 is 31.4. The van der Waals surface area contributed by atoms with Crippen molar-refractivity contribution in [2.24, 2.45) is 0 Å². The average Bonchev–Trinajstić information content (AvgIpc) is 2.52. The Morgan fingerprint density at radius 1 is 1.18 bits per heavy atom. The number of ether oxygens (including phenoxy) is 1. The highest BCUT2D eigenvalue weighted by Gasteiger charge is 2.15. The van der Waals surface area contributed by atoms with E-state index < -0.39 is 16.0 Å². The minimum Gasteiger partial charge on any atom is -0.465 e. The van der Waals surface area contributed by atoms with Crippen LogP contribution in [0.25, 0.3) is 0 Å². The maximum atomic E-state index is 12.2. The molecule has 2 aromatic rings. The summed E-state index contributed by atoms with van der Waals surface area (Å²) in [6, 6.07) is 12.4. The molecule has 0 amide bonds. The first kappa shape index (κ1) is 16.5. The third kappa shape index (κ3) is 4.07. The van der Waals surface area contributed by atoms with Crippen LogP contribution in [0.5, 0.6) is 0 Å². The van der Waals surface area contributed by atoms with Gasteiger partial charge in [0.2, 0.25) is 10.0 Å². The molecular weight excluding hydrogens is 326 g/mol. The van der Waals surface area contributed by atoms with E-state index in [1.165, 1.54) is 31.4 Å². The number of esters is 1. The van der Waals surface area contributed by atoms with E-state index in [9.17, 15) is 13.2 Å². The van der Waals surface area contributed by atoms with Crippen LogP contribution in [0.15, 0.2) is 53.4 Å². The minimum absolute atomic E-state index is 0.0715. The zero-order chi connectivity index (χ0) is 16.2. The SMILES string of the molecule is COC(=O)c1ccc(S(=O)(=O)NCc2cccc(Cl)c2)cc1. The van der Waals surface area contributed by atoms with E-state index in [1.54, 1.807) is 24.3 Å². The van der Waals surface area contributed by atoms with Crippen LogP contribution in [-0.2, 0) is 21.3 Å². The molecule has 2 aromatic carbocycles. The number of carbonyl (C=O) groups excluding carboxylic acids is 1. The standard InChI is InChI=1S/C15H14ClNO4S/c1-21-15(18)12-5-7-14(8-6-12)22(19,20)17-10-11-3-2-4-13(16)9-11/h2-9,17H,10H2,1H3. The fourth-order valence-electron chi connectivity index (χ4n) is 1.80.